The first-order chi connectivity index (χ1) is 10.2. The predicted octanol–water partition coefficient (Wildman–Crippen LogP) is 3.17. The van der Waals surface area contributed by atoms with Crippen LogP contribution in [0.2, 0.25) is 0 Å². The van der Waals surface area contributed by atoms with E-state index >= 15 is 0 Å². The van der Waals surface area contributed by atoms with Crippen LogP contribution < -0.4 is 5.73 Å². The van der Waals surface area contributed by atoms with Gasteiger partial charge in [-0.1, -0.05) is 36.4 Å². The van der Waals surface area contributed by atoms with Gasteiger partial charge in [-0.3, -0.25) is 9.78 Å². The quantitative estimate of drug-likeness (QED) is 0.745. The fourth-order valence-electron chi connectivity index (χ4n) is 2.33. The van der Waals surface area contributed by atoms with Gasteiger partial charge in [0.1, 0.15) is 5.78 Å². The largest absolute Gasteiger partial charge is 0.399 e. The van der Waals surface area contributed by atoms with Crippen molar-refractivity contribution in [1.82, 2.24) is 4.98 Å². The lowest BCUT2D eigenvalue weighted by Crippen LogP contribution is -2.08. The Bertz CT molecular complexity index is 779. The van der Waals surface area contributed by atoms with Crippen molar-refractivity contribution in [3.63, 3.8) is 0 Å². The zero-order valence-corrected chi connectivity index (χ0v) is 11.6. The molecule has 3 heteroatoms. The number of hydrogen-bond donors (Lipinski definition) is 1. The van der Waals surface area contributed by atoms with Crippen molar-refractivity contribution in [2.45, 2.75) is 12.8 Å². The van der Waals surface area contributed by atoms with Crippen molar-refractivity contribution in [3.05, 3.63) is 71.9 Å². The molecule has 2 N–H and O–H groups in total. The van der Waals surface area contributed by atoms with Crippen molar-refractivity contribution in [2.75, 3.05) is 5.73 Å². The number of nitrogens with two attached hydrogens (primary N) is 1. The van der Waals surface area contributed by atoms with Crippen LogP contribution in [0.3, 0.4) is 0 Å². The molecule has 0 amide bonds. The number of carbonyl (C=O) groups is 1. The summed E-state index contributed by atoms with van der Waals surface area (Å²) in [6.45, 7) is 0. The number of benzene rings is 2. The fourth-order valence-corrected chi connectivity index (χ4v) is 2.33. The molecule has 0 spiro atoms. The van der Waals surface area contributed by atoms with E-state index in [4.69, 9.17) is 5.73 Å². The van der Waals surface area contributed by atoms with Gasteiger partial charge in [0.25, 0.3) is 0 Å². The molecule has 21 heavy (non-hydrogen) atoms. The number of nitrogen functional groups attached to an aromatic ring is 1. The number of Topliss-reactive ketones (excluding diaryl/α,β-unsaturated/α-hetero) is 1. The molecular weight excluding hydrogens is 260 g/mol. The highest BCUT2D eigenvalue weighted by molar-refractivity contribution is 5.84. The third-order valence-corrected chi connectivity index (χ3v) is 3.42. The molecular formula is C18H16N2O. The number of aromatic nitrogens is 1. The topological polar surface area (TPSA) is 56.0 Å². The van der Waals surface area contributed by atoms with E-state index in [1.807, 2.05) is 60.7 Å². The number of carbonyl (C=O) groups excluding carboxylic acids is 1. The molecule has 0 bridgehead atoms. The molecule has 1 heterocycles. The van der Waals surface area contributed by atoms with Crippen LogP contribution in [0, 0.1) is 0 Å². The first-order valence-corrected chi connectivity index (χ1v) is 6.91. The van der Waals surface area contributed by atoms with Crippen LogP contribution in [0.5, 0.6) is 0 Å². The second kappa shape index (κ2) is 5.75. The second-order valence-electron chi connectivity index (χ2n) is 5.13. The van der Waals surface area contributed by atoms with Gasteiger partial charge in [0, 0.05) is 29.6 Å². The number of hydrogen-bond acceptors (Lipinski definition) is 3. The zero-order chi connectivity index (χ0) is 14.7. The monoisotopic (exact) mass is 276 g/mol. The van der Waals surface area contributed by atoms with Crippen LogP contribution in [0.4, 0.5) is 5.69 Å². The van der Waals surface area contributed by atoms with Crippen LogP contribution >= 0.6 is 0 Å². The van der Waals surface area contributed by atoms with Gasteiger partial charge < -0.3 is 5.73 Å². The first-order valence-electron chi connectivity index (χ1n) is 6.91. The zero-order valence-electron chi connectivity index (χ0n) is 11.6. The minimum Gasteiger partial charge on any atom is -0.399 e. The minimum atomic E-state index is 0.155. The van der Waals surface area contributed by atoms with Crippen LogP contribution in [0.15, 0.2) is 60.7 Å². The molecule has 3 rings (SSSR count). The Labute approximate surface area is 123 Å². The lowest BCUT2D eigenvalue weighted by molar-refractivity contribution is -0.117. The van der Waals surface area contributed by atoms with Gasteiger partial charge in [-0.2, -0.15) is 0 Å². The van der Waals surface area contributed by atoms with Crippen molar-refractivity contribution in [2.24, 2.45) is 0 Å². The number of anilines is 1. The van der Waals surface area contributed by atoms with Crippen LogP contribution in [0.1, 0.15) is 11.3 Å². The highest BCUT2D eigenvalue weighted by Crippen LogP contribution is 2.13. The van der Waals surface area contributed by atoms with Crippen molar-refractivity contribution in [1.29, 1.82) is 0 Å². The van der Waals surface area contributed by atoms with Crippen molar-refractivity contribution in [3.8, 4) is 0 Å². The van der Waals surface area contributed by atoms with E-state index < -0.39 is 0 Å². The van der Waals surface area contributed by atoms with E-state index in [1.165, 1.54) is 0 Å². The number of ketones is 1. The number of pyridine rings is 1. The third-order valence-electron chi connectivity index (χ3n) is 3.42. The Morgan fingerprint density at radius 2 is 1.67 bits per heavy atom. The summed E-state index contributed by atoms with van der Waals surface area (Å²) in [7, 11) is 0. The van der Waals surface area contributed by atoms with E-state index in [0.717, 1.165) is 22.2 Å². The minimum absolute atomic E-state index is 0.155. The van der Waals surface area contributed by atoms with Crippen LogP contribution in [-0.4, -0.2) is 10.8 Å². The maximum atomic E-state index is 12.1. The normalized spacial score (nSPS) is 10.7. The first kappa shape index (κ1) is 13.3. The molecule has 0 aliphatic carbocycles. The molecule has 0 aliphatic rings. The standard InChI is InChI=1S/C18H16N2O/c19-15-8-5-13(6-9-15)11-17(21)12-16-10-7-14-3-1-2-4-18(14)20-16/h1-10H,11-12,19H2. The smallest absolute Gasteiger partial charge is 0.143 e. The van der Waals surface area contributed by atoms with E-state index in [-0.39, 0.29) is 5.78 Å². The molecule has 1 aromatic heterocycles. The molecule has 0 unspecified atom stereocenters. The summed E-state index contributed by atoms with van der Waals surface area (Å²) in [6.07, 6.45) is 0.768. The maximum Gasteiger partial charge on any atom is 0.143 e. The average Bonchev–Trinajstić information content (AvgIpc) is 2.49. The Morgan fingerprint density at radius 3 is 2.48 bits per heavy atom. The highest BCUT2D eigenvalue weighted by Gasteiger charge is 2.07. The summed E-state index contributed by atoms with van der Waals surface area (Å²) in [4.78, 5) is 16.7. The van der Waals surface area contributed by atoms with Gasteiger partial charge in [-0.05, 0) is 29.8 Å². The summed E-state index contributed by atoms with van der Waals surface area (Å²) in [5.74, 6) is 0.155. The molecule has 0 saturated carbocycles. The van der Waals surface area contributed by atoms with E-state index in [1.54, 1.807) is 0 Å². The lowest BCUT2D eigenvalue weighted by Gasteiger charge is -2.04. The Kier molecular flexibility index (Phi) is 3.65. The number of para-hydroxylation sites is 1. The molecule has 0 radical (unpaired) electrons. The summed E-state index contributed by atoms with van der Waals surface area (Å²) in [6, 6.07) is 19.3. The fraction of sp³-hybridized carbons (Fsp3) is 0.111. The lowest BCUT2D eigenvalue weighted by atomic mass is 10.0. The summed E-state index contributed by atoms with van der Waals surface area (Å²) >= 11 is 0. The Morgan fingerprint density at radius 1 is 0.905 bits per heavy atom. The molecule has 0 saturated heterocycles. The van der Waals surface area contributed by atoms with E-state index in [2.05, 4.69) is 4.98 Å². The Balaban J connectivity index is 1.72. The predicted molar refractivity (Wildman–Crippen MR) is 85.0 cm³/mol. The third kappa shape index (κ3) is 3.26. The van der Waals surface area contributed by atoms with Crippen LogP contribution in [-0.2, 0) is 17.6 Å². The number of rotatable bonds is 4. The maximum absolute atomic E-state index is 12.1. The SMILES string of the molecule is Nc1ccc(CC(=O)Cc2ccc3ccccc3n2)cc1. The average molecular weight is 276 g/mol. The van der Waals surface area contributed by atoms with Gasteiger partial charge in [0.2, 0.25) is 0 Å². The second-order valence-corrected chi connectivity index (χ2v) is 5.13. The summed E-state index contributed by atoms with van der Waals surface area (Å²) < 4.78 is 0. The Hall–Kier alpha value is -2.68. The van der Waals surface area contributed by atoms with Crippen LogP contribution in [0.25, 0.3) is 10.9 Å². The van der Waals surface area contributed by atoms with Crippen molar-refractivity contribution >= 4 is 22.4 Å². The number of nitrogens with zero attached hydrogens (tertiary/aromatic N) is 1. The molecule has 0 aliphatic heterocycles. The highest BCUT2D eigenvalue weighted by atomic mass is 16.1. The summed E-state index contributed by atoms with van der Waals surface area (Å²) in [5, 5.41) is 1.09. The van der Waals surface area contributed by atoms with Gasteiger partial charge in [0.05, 0.1) is 5.52 Å². The van der Waals surface area contributed by atoms with Gasteiger partial charge in [-0.25, -0.2) is 0 Å². The summed E-state index contributed by atoms with van der Waals surface area (Å²) in [5.41, 5.74) is 9.07. The molecule has 2 aromatic carbocycles. The molecule has 104 valence electrons. The van der Waals surface area contributed by atoms with Crippen molar-refractivity contribution < 1.29 is 4.79 Å². The van der Waals surface area contributed by atoms with Gasteiger partial charge >= 0.3 is 0 Å². The van der Waals surface area contributed by atoms with E-state index in [0.29, 0.717) is 18.5 Å². The number of fused-ring (bicyclic) bond motifs is 1. The molecule has 0 fully saturated rings. The van der Waals surface area contributed by atoms with E-state index in [9.17, 15) is 4.79 Å². The molecule has 0 atom stereocenters. The molecule has 3 nitrogen and oxygen atoms in total. The molecule has 3 aromatic rings. The van der Waals surface area contributed by atoms with Gasteiger partial charge in [0.15, 0.2) is 0 Å². The van der Waals surface area contributed by atoms with Gasteiger partial charge in [-0.15, -0.1) is 0 Å².